The van der Waals surface area contributed by atoms with E-state index in [1.54, 1.807) is 24.3 Å². The van der Waals surface area contributed by atoms with E-state index in [0.717, 1.165) is 22.9 Å². The summed E-state index contributed by atoms with van der Waals surface area (Å²) in [6, 6.07) is 9.91. The normalized spacial score (nSPS) is 12.2. The molecule has 2 aromatic rings. The minimum atomic E-state index is -3.55. The van der Waals surface area contributed by atoms with E-state index >= 15 is 0 Å². The number of hydrogen-bond donors (Lipinski definition) is 1. The molecule has 0 aliphatic heterocycles. The molecule has 0 saturated heterocycles. The van der Waals surface area contributed by atoms with Gasteiger partial charge in [-0.05, 0) is 61.6 Å². The molecule has 0 spiro atoms. The fourth-order valence-electron chi connectivity index (χ4n) is 3.91. The SMILES string of the molecule is CC[C@@H](C(=O)NC)N(Cc1ccc(Cl)c(Cl)c1)C(=O)CCCN(c1cccc(C)c1C)S(C)(=O)=O. The van der Waals surface area contributed by atoms with E-state index in [-0.39, 0.29) is 31.3 Å². The fraction of sp³-hybridized carbons (Fsp3) is 0.440. The van der Waals surface area contributed by atoms with Crippen LogP contribution in [0.1, 0.15) is 42.9 Å². The van der Waals surface area contributed by atoms with Crippen LogP contribution in [0.2, 0.25) is 10.0 Å². The van der Waals surface area contributed by atoms with Crippen molar-refractivity contribution in [3.63, 3.8) is 0 Å². The van der Waals surface area contributed by atoms with E-state index in [1.807, 2.05) is 32.9 Å². The Labute approximate surface area is 218 Å². The molecule has 10 heteroatoms. The number of nitrogens with zero attached hydrogens (tertiary/aromatic N) is 2. The van der Waals surface area contributed by atoms with Gasteiger partial charge in [0.1, 0.15) is 6.04 Å². The minimum Gasteiger partial charge on any atom is -0.357 e. The van der Waals surface area contributed by atoms with E-state index in [2.05, 4.69) is 5.32 Å². The average molecular weight is 543 g/mol. The maximum atomic E-state index is 13.3. The lowest BCUT2D eigenvalue weighted by Crippen LogP contribution is -2.48. The summed E-state index contributed by atoms with van der Waals surface area (Å²) in [5, 5.41) is 3.38. The highest BCUT2D eigenvalue weighted by atomic mass is 35.5. The largest absolute Gasteiger partial charge is 0.357 e. The van der Waals surface area contributed by atoms with Crippen molar-refractivity contribution in [3.05, 3.63) is 63.1 Å². The Morgan fingerprint density at radius 1 is 1.09 bits per heavy atom. The number of carbonyl (C=O) groups excluding carboxylic acids is 2. The summed E-state index contributed by atoms with van der Waals surface area (Å²) in [5.41, 5.74) is 3.19. The standard InChI is InChI=1S/C25H33Cl2N3O4S/c1-6-22(25(32)28-4)29(16-19-12-13-20(26)21(27)15-19)24(31)11-8-14-30(35(5,33)34)23-10-7-9-17(2)18(23)3/h7,9-10,12-13,15,22H,6,8,11,14,16H2,1-5H3,(H,28,32)/t22-/m0/s1. The molecule has 0 aromatic heterocycles. The van der Waals surface area contributed by atoms with Crippen molar-refractivity contribution < 1.29 is 18.0 Å². The number of anilines is 1. The summed E-state index contributed by atoms with van der Waals surface area (Å²) < 4.78 is 26.4. The van der Waals surface area contributed by atoms with Gasteiger partial charge in [-0.25, -0.2) is 8.42 Å². The van der Waals surface area contributed by atoms with Crippen LogP contribution in [0, 0.1) is 13.8 Å². The van der Waals surface area contributed by atoms with Crippen LogP contribution in [0.5, 0.6) is 0 Å². The number of amides is 2. The fourth-order valence-corrected chi connectivity index (χ4v) is 5.25. The van der Waals surface area contributed by atoms with E-state index in [1.165, 1.54) is 16.3 Å². The first kappa shape index (κ1) is 28.9. The van der Waals surface area contributed by atoms with E-state index in [0.29, 0.717) is 28.6 Å². The zero-order valence-electron chi connectivity index (χ0n) is 20.8. The molecular weight excluding hydrogens is 509 g/mol. The minimum absolute atomic E-state index is 0.0751. The van der Waals surface area contributed by atoms with Crippen molar-refractivity contribution in [2.24, 2.45) is 0 Å². The Bertz CT molecular complexity index is 1170. The lowest BCUT2D eigenvalue weighted by atomic mass is 10.1. The molecule has 1 N–H and O–H groups in total. The maximum Gasteiger partial charge on any atom is 0.242 e. The summed E-state index contributed by atoms with van der Waals surface area (Å²) in [4.78, 5) is 27.4. The third-order valence-electron chi connectivity index (χ3n) is 5.97. The number of hydrogen-bond acceptors (Lipinski definition) is 4. The molecule has 0 aliphatic rings. The summed E-state index contributed by atoms with van der Waals surface area (Å²) in [6.07, 6.45) is 1.95. The second-order valence-corrected chi connectivity index (χ2v) is 11.2. The van der Waals surface area contributed by atoms with Gasteiger partial charge in [0.05, 0.1) is 22.0 Å². The Morgan fingerprint density at radius 2 is 1.77 bits per heavy atom. The smallest absolute Gasteiger partial charge is 0.242 e. The van der Waals surface area contributed by atoms with Crippen LogP contribution in [0.4, 0.5) is 5.69 Å². The lowest BCUT2D eigenvalue weighted by Gasteiger charge is -2.31. The van der Waals surface area contributed by atoms with Crippen LogP contribution in [0.3, 0.4) is 0 Å². The van der Waals surface area contributed by atoms with Crippen molar-refractivity contribution >= 4 is 50.7 Å². The third kappa shape index (κ3) is 7.59. The van der Waals surface area contributed by atoms with Gasteiger partial charge in [0, 0.05) is 26.6 Å². The van der Waals surface area contributed by atoms with Gasteiger partial charge >= 0.3 is 0 Å². The third-order valence-corrected chi connectivity index (χ3v) is 7.89. The topological polar surface area (TPSA) is 86.8 Å². The van der Waals surface area contributed by atoms with Crippen LogP contribution >= 0.6 is 23.2 Å². The molecule has 7 nitrogen and oxygen atoms in total. The number of likely N-dealkylation sites (N-methyl/N-ethyl adjacent to an activating group) is 1. The first-order chi connectivity index (χ1) is 16.4. The molecule has 0 aliphatic carbocycles. The molecule has 35 heavy (non-hydrogen) atoms. The second-order valence-electron chi connectivity index (χ2n) is 8.47. The van der Waals surface area contributed by atoms with Gasteiger partial charge in [-0.15, -0.1) is 0 Å². The molecule has 1 atom stereocenters. The summed E-state index contributed by atoms with van der Waals surface area (Å²) in [7, 11) is -2.03. The highest BCUT2D eigenvalue weighted by Gasteiger charge is 2.28. The van der Waals surface area contributed by atoms with Gasteiger partial charge in [0.2, 0.25) is 21.8 Å². The number of halogens is 2. The lowest BCUT2D eigenvalue weighted by molar-refractivity contribution is -0.141. The van der Waals surface area contributed by atoms with E-state index < -0.39 is 16.1 Å². The number of sulfonamides is 1. The van der Waals surface area contributed by atoms with E-state index in [9.17, 15) is 18.0 Å². The summed E-state index contributed by atoms with van der Waals surface area (Å²) >= 11 is 12.2. The second kappa shape index (κ2) is 12.6. The van der Waals surface area contributed by atoms with Crippen LogP contribution in [0.15, 0.2) is 36.4 Å². The van der Waals surface area contributed by atoms with Crippen molar-refractivity contribution in [2.75, 3.05) is 24.2 Å². The van der Waals surface area contributed by atoms with Gasteiger partial charge in [0.25, 0.3) is 0 Å². The van der Waals surface area contributed by atoms with Gasteiger partial charge in [0.15, 0.2) is 0 Å². The number of benzene rings is 2. The maximum absolute atomic E-state index is 13.3. The zero-order valence-corrected chi connectivity index (χ0v) is 23.1. The van der Waals surface area contributed by atoms with Crippen LogP contribution in [0.25, 0.3) is 0 Å². The highest BCUT2D eigenvalue weighted by molar-refractivity contribution is 7.92. The first-order valence-electron chi connectivity index (χ1n) is 11.4. The molecule has 2 amide bonds. The van der Waals surface area contributed by atoms with Crippen LogP contribution < -0.4 is 9.62 Å². The molecule has 0 bridgehead atoms. The van der Waals surface area contributed by atoms with Gasteiger partial charge in [-0.1, -0.05) is 48.3 Å². The van der Waals surface area contributed by atoms with Crippen molar-refractivity contribution in [1.82, 2.24) is 10.2 Å². The predicted molar refractivity (Wildman–Crippen MR) is 142 cm³/mol. The Kier molecular flexibility index (Phi) is 10.4. The molecule has 192 valence electrons. The Hall–Kier alpha value is -2.29. The van der Waals surface area contributed by atoms with Crippen molar-refractivity contribution in [2.45, 2.75) is 52.6 Å². The number of nitrogens with one attached hydrogen (secondary N) is 1. The molecule has 0 radical (unpaired) electrons. The van der Waals surface area contributed by atoms with Crippen LogP contribution in [-0.4, -0.2) is 51.0 Å². The monoisotopic (exact) mass is 541 g/mol. The number of carbonyl (C=O) groups is 2. The van der Waals surface area contributed by atoms with Crippen LogP contribution in [-0.2, 0) is 26.2 Å². The van der Waals surface area contributed by atoms with Gasteiger partial charge < -0.3 is 10.2 Å². The molecule has 2 aromatic carbocycles. The van der Waals surface area contributed by atoms with Crippen molar-refractivity contribution in [3.8, 4) is 0 Å². The average Bonchev–Trinajstić information content (AvgIpc) is 2.80. The van der Waals surface area contributed by atoms with Gasteiger partial charge in [-0.3, -0.25) is 13.9 Å². The van der Waals surface area contributed by atoms with E-state index in [4.69, 9.17) is 23.2 Å². The molecule has 0 heterocycles. The molecule has 2 rings (SSSR count). The molecule has 0 fully saturated rings. The number of rotatable bonds is 11. The van der Waals surface area contributed by atoms with Crippen molar-refractivity contribution in [1.29, 1.82) is 0 Å². The summed E-state index contributed by atoms with van der Waals surface area (Å²) in [6.45, 7) is 5.96. The quantitative estimate of drug-likeness (QED) is 0.446. The predicted octanol–water partition coefficient (Wildman–Crippen LogP) is 4.71. The highest BCUT2D eigenvalue weighted by Crippen LogP contribution is 2.26. The zero-order chi connectivity index (χ0) is 26.3. The Morgan fingerprint density at radius 3 is 2.34 bits per heavy atom. The molecule has 0 unspecified atom stereocenters. The Balaban J connectivity index is 2.25. The van der Waals surface area contributed by atoms with Gasteiger partial charge in [-0.2, -0.15) is 0 Å². The number of aryl methyl sites for hydroxylation is 1. The molecular formula is C25H33Cl2N3O4S. The molecule has 0 saturated carbocycles. The first-order valence-corrected chi connectivity index (χ1v) is 14.0. The summed E-state index contributed by atoms with van der Waals surface area (Å²) in [5.74, 6) is -0.519.